The lowest BCUT2D eigenvalue weighted by atomic mass is 9.94. The Morgan fingerprint density at radius 2 is 1.47 bits per heavy atom. The number of tetrazole rings is 1. The molecule has 2 fully saturated rings. The molecule has 2 aliphatic rings. The Morgan fingerprint density at radius 1 is 0.822 bits per heavy atom. The van der Waals surface area contributed by atoms with Gasteiger partial charge in [-0.15, -0.1) is 5.10 Å². The van der Waals surface area contributed by atoms with Crippen LogP contribution in [-0.4, -0.2) is 67.8 Å². The van der Waals surface area contributed by atoms with Crippen LogP contribution in [0.1, 0.15) is 79.7 Å². The quantitative estimate of drug-likeness (QED) is 0.224. The van der Waals surface area contributed by atoms with E-state index < -0.39 is 0 Å². The van der Waals surface area contributed by atoms with E-state index in [1.54, 1.807) is 0 Å². The summed E-state index contributed by atoms with van der Waals surface area (Å²) >= 11 is 0. The summed E-state index contributed by atoms with van der Waals surface area (Å²) in [5, 5.41) is 14.3. The molecule has 1 aliphatic heterocycles. The lowest BCUT2D eigenvalue weighted by Gasteiger charge is -2.42. The largest absolute Gasteiger partial charge is 0.494 e. The van der Waals surface area contributed by atoms with Crippen LogP contribution in [0.15, 0.2) is 89.7 Å². The molecule has 2 aromatic heterocycles. The number of ether oxygens (including phenoxy) is 1. The fourth-order valence-corrected chi connectivity index (χ4v) is 7.27. The molecule has 0 radical (unpaired) electrons. The summed E-state index contributed by atoms with van der Waals surface area (Å²) < 4.78 is 7.82. The first-order valence-corrected chi connectivity index (χ1v) is 16.3. The van der Waals surface area contributed by atoms with Gasteiger partial charge in [0.25, 0.3) is 5.56 Å². The average molecular weight is 604 g/mol. The molecule has 0 amide bonds. The van der Waals surface area contributed by atoms with Crippen molar-refractivity contribution < 1.29 is 4.74 Å². The molecule has 232 valence electrons. The second kappa shape index (κ2) is 13.3. The summed E-state index contributed by atoms with van der Waals surface area (Å²) in [5.41, 5.74) is 3.91. The molecule has 3 aromatic carbocycles. The Hall–Kier alpha value is -4.34. The third-order valence-corrected chi connectivity index (χ3v) is 9.44. The molecular weight excluding hydrogens is 562 g/mol. The Labute approximate surface area is 263 Å². The van der Waals surface area contributed by atoms with Gasteiger partial charge in [0.05, 0.1) is 18.7 Å². The second-order valence-electron chi connectivity index (χ2n) is 12.2. The predicted molar refractivity (Wildman–Crippen MR) is 175 cm³/mol. The minimum Gasteiger partial charge on any atom is -0.494 e. The monoisotopic (exact) mass is 603 g/mol. The molecule has 1 saturated carbocycles. The van der Waals surface area contributed by atoms with Crippen molar-refractivity contribution in [3.8, 4) is 5.75 Å². The zero-order valence-corrected chi connectivity index (χ0v) is 25.9. The number of piperazine rings is 1. The molecule has 1 N–H and O–H groups in total. The van der Waals surface area contributed by atoms with Crippen molar-refractivity contribution in [2.45, 2.75) is 57.2 Å². The van der Waals surface area contributed by atoms with Gasteiger partial charge in [-0.05, 0) is 65.6 Å². The Balaban J connectivity index is 1.25. The number of nitrogens with one attached hydrogen (secondary N) is 1. The average Bonchev–Trinajstić information content (AvgIpc) is 3.57. The number of aromatic nitrogens is 5. The van der Waals surface area contributed by atoms with E-state index >= 15 is 0 Å². The highest BCUT2D eigenvalue weighted by atomic mass is 16.5. The molecule has 1 atom stereocenters. The van der Waals surface area contributed by atoms with Crippen molar-refractivity contribution in [1.82, 2.24) is 35.0 Å². The molecule has 5 aromatic rings. The number of rotatable bonds is 9. The molecule has 9 nitrogen and oxygen atoms in total. The summed E-state index contributed by atoms with van der Waals surface area (Å²) in [7, 11) is 0. The summed E-state index contributed by atoms with van der Waals surface area (Å²) in [6.45, 7) is 5.79. The third-order valence-electron chi connectivity index (χ3n) is 9.44. The van der Waals surface area contributed by atoms with Gasteiger partial charge in [-0.1, -0.05) is 79.9 Å². The van der Waals surface area contributed by atoms with E-state index in [2.05, 4.69) is 91.0 Å². The van der Waals surface area contributed by atoms with Gasteiger partial charge in [0.15, 0.2) is 5.82 Å². The summed E-state index contributed by atoms with van der Waals surface area (Å²) in [4.78, 5) is 22.0. The maximum atomic E-state index is 13.9. The number of pyridine rings is 1. The van der Waals surface area contributed by atoms with E-state index in [0.717, 1.165) is 61.5 Å². The van der Waals surface area contributed by atoms with Crippen molar-refractivity contribution in [2.75, 3.05) is 32.8 Å². The highest BCUT2D eigenvalue weighted by Gasteiger charge is 2.36. The maximum absolute atomic E-state index is 13.9. The van der Waals surface area contributed by atoms with E-state index in [9.17, 15) is 4.79 Å². The van der Waals surface area contributed by atoms with Crippen LogP contribution in [0.4, 0.5) is 0 Å². The first-order valence-electron chi connectivity index (χ1n) is 16.3. The smallest absolute Gasteiger partial charge is 0.253 e. The molecule has 3 heterocycles. The number of benzene rings is 3. The van der Waals surface area contributed by atoms with Gasteiger partial charge < -0.3 is 9.72 Å². The standard InChI is InChI=1S/C36H41N7O2/c1-2-45-30-18-19-32-28(24-30)25-31(36(44)37-32)34(35-38-39-40-43(35)29-16-10-5-11-17-29)42-22-20-41(21-23-42)33(26-12-6-3-7-13-26)27-14-8-4-9-15-27/h3-4,6-9,12-15,18-19,24-25,29,33-34H,2,5,10-11,16-17,20-23H2,1H3,(H,37,44). The lowest BCUT2D eigenvalue weighted by Crippen LogP contribution is -2.50. The fourth-order valence-electron chi connectivity index (χ4n) is 7.27. The van der Waals surface area contributed by atoms with Gasteiger partial charge in [0.2, 0.25) is 0 Å². The van der Waals surface area contributed by atoms with Gasteiger partial charge in [-0.25, -0.2) is 4.68 Å². The van der Waals surface area contributed by atoms with Crippen LogP contribution >= 0.6 is 0 Å². The SMILES string of the molecule is CCOc1ccc2[nH]c(=O)c(C(c3nnnn3C3CCCCC3)N3CCN(C(c4ccccc4)c4ccccc4)CC3)cc2c1. The summed E-state index contributed by atoms with van der Waals surface area (Å²) in [6.07, 6.45) is 5.70. The first-order chi connectivity index (χ1) is 22.2. The zero-order chi connectivity index (χ0) is 30.6. The van der Waals surface area contributed by atoms with Gasteiger partial charge in [0, 0.05) is 42.6 Å². The van der Waals surface area contributed by atoms with Crippen LogP contribution in [0, 0.1) is 0 Å². The highest BCUT2D eigenvalue weighted by Crippen LogP contribution is 2.35. The molecule has 9 heteroatoms. The zero-order valence-electron chi connectivity index (χ0n) is 25.9. The van der Waals surface area contributed by atoms with E-state index in [1.807, 2.05) is 35.9 Å². The Bertz CT molecular complexity index is 1720. The molecule has 0 bridgehead atoms. The molecule has 1 saturated heterocycles. The molecule has 1 aliphatic carbocycles. The van der Waals surface area contributed by atoms with Crippen LogP contribution in [0.2, 0.25) is 0 Å². The first kappa shape index (κ1) is 29.4. The van der Waals surface area contributed by atoms with Crippen LogP contribution in [-0.2, 0) is 0 Å². The van der Waals surface area contributed by atoms with Crippen LogP contribution in [0.25, 0.3) is 10.9 Å². The van der Waals surface area contributed by atoms with Gasteiger partial charge in [-0.2, -0.15) is 0 Å². The van der Waals surface area contributed by atoms with Crippen LogP contribution in [0.3, 0.4) is 0 Å². The van der Waals surface area contributed by atoms with E-state index in [-0.39, 0.29) is 23.7 Å². The van der Waals surface area contributed by atoms with Gasteiger partial charge >= 0.3 is 0 Å². The Morgan fingerprint density at radius 3 is 2.11 bits per heavy atom. The second-order valence-corrected chi connectivity index (χ2v) is 12.2. The topological polar surface area (TPSA) is 92.2 Å². The van der Waals surface area contributed by atoms with E-state index in [1.165, 1.54) is 30.4 Å². The summed E-state index contributed by atoms with van der Waals surface area (Å²) in [6, 6.07) is 29.3. The molecular formula is C36H41N7O2. The highest BCUT2D eigenvalue weighted by molar-refractivity contribution is 5.80. The number of hydrogen-bond donors (Lipinski definition) is 1. The minimum atomic E-state index is -0.375. The third kappa shape index (κ3) is 6.15. The minimum absolute atomic E-state index is 0.108. The Kier molecular flexibility index (Phi) is 8.71. The van der Waals surface area contributed by atoms with E-state index in [0.29, 0.717) is 12.2 Å². The van der Waals surface area contributed by atoms with Gasteiger partial charge in [-0.3, -0.25) is 14.6 Å². The van der Waals surface area contributed by atoms with Crippen molar-refractivity contribution in [3.05, 3.63) is 118 Å². The number of aromatic amines is 1. The molecule has 1 unspecified atom stereocenters. The molecule has 45 heavy (non-hydrogen) atoms. The van der Waals surface area contributed by atoms with Crippen molar-refractivity contribution in [3.63, 3.8) is 0 Å². The normalized spacial score (nSPS) is 17.6. The molecule has 0 spiro atoms. The number of nitrogens with zero attached hydrogens (tertiary/aromatic N) is 6. The van der Waals surface area contributed by atoms with Crippen molar-refractivity contribution in [2.24, 2.45) is 0 Å². The molecule has 7 rings (SSSR count). The number of H-pyrrole nitrogens is 1. The predicted octanol–water partition coefficient (Wildman–Crippen LogP) is 5.92. The fraction of sp³-hybridized carbons (Fsp3) is 0.389. The van der Waals surface area contributed by atoms with E-state index in [4.69, 9.17) is 4.74 Å². The van der Waals surface area contributed by atoms with Crippen molar-refractivity contribution >= 4 is 10.9 Å². The lowest BCUT2D eigenvalue weighted by molar-refractivity contribution is 0.0845. The van der Waals surface area contributed by atoms with Crippen molar-refractivity contribution in [1.29, 1.82) is 0 Å². The number of hydrogen-bond acceptors (Lipinski definition) is 7. The number of fused-ring (bicyclic) bond motifs is 1. The van der Waals surface area contributed by atoms with Crippen LogP contribution < -0.4 is 10.3 Å². The van der Waals surface area contributed by atoms with Gasteiger partial charge in [0.1, 0.15) is 11.8 Å². The summed E-state index contributed by atoms with van der Waals surface area (Å²) in [5.74, 6) is 1.54. The maximum Gasteiger partial charge on any atom is 0.253 e. The van der Waals surface area contributed by atoms with Crippen LogP contribution in [0.5, 0.6) is 5.75 Å².